The highest BCUT2D eigenvalue weighted by Gasteiger charge is 2.20. The van der Waals surface area contributed by atoms with Gasteiger partial charge in [-0.2, -0.15) is 0 Å². The quantitative estimate of drug-likeness (QED) is 0.655. The van der Waals surface area contributed by atoms with E-state index in [-0.39, 0.29) is 18.2 Å². The van der Waals surface area contributed by atoms with Gasteiger partial charge in [0.2, 0.25) is 11.8 Å². The zero-order valence-corrected chi connectivity index (χ0v) is 16.3. The third kappa shape index (κ3) is 3.73. The number of benzene rings is 3. The van der Waals surface area contributed by atoms with Crippen LogP contribution in [-0.4, -0.2) is 11.8 Å². The molecule has 0 bridgehead atoms. The van der Waals surface area contributed by atoms with Crippen LogP contribution in [-0.2, 0) is 22.4 Å². The standard InChI is InChI=1S/C23H21ClN2O2/c1-14(27)25-21(15-7-10-18(24)11-8-15)13-22(28)26-20-12-9-17-6-5-16-3-2-4-19(20)23(16)17/h2-4,7-12,21H,5-6,13H2,1H3,(H,25,27)(H,26,28). The minimum absolute atomic E-state index is 0.143. The summed E-state index contributed by atoms with van der Waals surface area (Å²) < 4.78 is 0. The van der Waals surface area contributed by atoms with Crippen LogP contribution in [0.4, 0.5) is 5.69 Å². The monoisotopic (exact) mass is 392 g/mol. The minimum Gasteiger partial charge on any atom is -0.349 e. The van der Waals surface area contributed by atoms with E-state index in [1.807, 2.05) is 30.3 Å². The molecule has 1 aliphatic rings. The van der Waals surface area contributed by atoms with E-state index in [2.05, 4.69) is 22.8 Å². The number of anilines is 1. The van der Waals surface area contributed by atoms with Crippen LogP contribution in [0.3, 0.4) is 0 Å². The Hall–Kier alpha value is -2.85. The normalized spacial score (nSPS) is 13.4. The number of hydrogen-bond acceptors (Lipinski definition) is 2. The molecule has 5 heteroatoms. The molecule has 4 nitrogen and oxygen atoms in total. The van der Waals surface area contributed by atoms with Crippen molar-refractivity contribution in [2.75, 3.05) is 5.32 Å². The number of amides is 2. The molecule has 0 radical (unpaired) electrons. The van der Waals surface area contributed by atoms with Crippen LogP contribution >= 0.6 is 11.6 Å². The van der Waals surface area contributed by atoms with E-state index in [9.17, 15) is 9.59 Å². The lowest BCUT2D eigenvalue weighted by atomic mass is 10.0. The van der Waals surface area contributed by atoms with Gasteiger partial charge >= 0.3 is 0 Å². The van der Waals surface area contributed by atoms with E-state index in [1.54, 1.807) is 12.1 Å². The first kappa shape index (κ1) is 18.5. The summed E-state index contributed by atoms with van der Waals surface area (Å²) >= 11 is 5.95. The molecule has 0 aromatic heterocycles. The molecular weight excluding hydrogens is 372 g/mol. The second kappa shape index (κ2) is 7.64. The Bertz CT molecular complexity index is 1050. The highest BCUT2D eigenvalue weighted by atomic mass is 35.5. The van der Waals surface area contributed by atoms with Gasteiger partial charge in [-0.15, -0.1) is 0 Å². The van der Waals surface area contributed by atoms with Gasteiger partial charge in [-0.3, -0.25) is 9.59 Å². The fourth-order valence-electron chi connectivity index (χ4n) is 3.94. The summed E-state index contributed by atoms with van der Waals surface area (Å²) in [6.07, 6.45) is 2.24. The third-order valence-corrected chi connectivity index (χ3v) is 5.44. The molecule has 0 spiro atoms. The highest BCUT2D eigenvalue weighted by molar-refractivity contribution is 6.30. The summed E-state index contributed by atoms with van der Waals surface area (Å²) in [5, 5.41) is 8.84. The lowest BCUT2D eigenvalue weighted by molar-refractivity contribution is -0.120. The molecule has 0 aliphatic heterocycles. The summed E-state index contributed by atoms with van der Waals surface area (Å²) in [6, 6.07) is 17.1. The highest BCUT2D eigenvalue weighted by Crippen LogP contribution is 2.35. The first-order chi connectivity index (χ1) is 13.5. The van der Waals surface area contributed by atoms with E-state index in [1.165, 1.54) is 23.4 Å². The first-order valence-corrected chi connectivity index (χ1v) is 9.75. The maximum atomic E-state index is 12.8. The van der Waals surface area contributed by atoms with Crippen molar-refractivity contribution in [2.45, 2.75) is 32.2 Å². The Morgan fingerprint density at radius 2 is 1.71 bits per heavy atom. The Morgan fingerprint density at radius 3 is 2.43 bits per heavy atom. The van der Waals surface area contributed by atoms with Crippen LogP contribution in [0.1, 0.15) is 36.1 Å². The van der Waals surface area contributed by atoms with Crippen molar-refractivity contribution in [1.29, 1.82) is 0 Å². The van der Waals surface area contributed by atoms with Crippen molar-refractivity contribution in [1.82, 2.24) is 5.32 Å². The zero-order chi connectivity index (χ0) is 19.7. The molecule has 3 aromatic carbocycles. The van der Waals surface area contributed by atoms with Gasteiger partial charge in [0.25, 0.3) is 0 Å². The van der Waals surface area contributed by atoms with Crippen molar-refractivity contribution in [3.63, 3.8) is 0 Å². The molecule has 1 atom stereocenters. The van der Waals surface area contributed by atoms with Crippen molar-refractivity contribution in [3.8, 4) is 0 Å². The van der Waals surface area contributed by atoms with Gasteiger partial charge in [0.1, 0.15) is 0 Å². The van der Waals surface area contributed by atoms with Crippen molar-refractivity contribution < 1.29 is 9.59 Å². The topological polar surface area (TPSA) is 58.2 Å². The molecule has 4 rings (SSSR count). The SMILES string of the molecule is CC(=O)NC(CC(=O)Nc1ccc2c3c(cccc13)CC2)c1ccc(Cl)cc1. The molecule has 0 saturated carbocycles. The van der Waals surface area contributed by atoms with Gasteiger partial charge in [0, 0.05) is 23.0 Å². The van der Waals surface area contributed by atoms with Crippen molar-refractivity contribution >= 4 is 39.9 Å². The zero-order valence-electron chi connectivity index (χ0n) is 15.6. The number of halogens is 1. The third-order valence-electron chi connectivity index (χ3n) is 5.19. The Balaban J connectivity index is 1.57. The van der Waals surface area contributed by atoms with Crippen LogP contribution in [0.5, 0.6) is 0 Å². The number of carbonyl (C=O) groups is 2. The molecular formula is C23H21ClN2O2. The molecule has 2 amide bonds. The summed E-state index contributed by atoms with van der Waals surface area (Å²) in [5.41, 5.74) is 4.32. The summed E-state index contributed by atoms with van der Waals surface area (Å²) in [6.45, 7) is 1.45. The summed E-state index contributed by atoms with van der Waals surface area (Å²) in [5.74, 6) is -0.328. The largest absolute Gasteiger partial charge is 0.349 e. The van der Waals surface area contributed by atoms with Crippen LogP contribution < -0.4 is 10.6 Å². The van der Waals surface area contributed by atoms with Crippen molar-refractivity contribution in [2.24, 2.45) is 0 Å². The predicted molar refractivity (Wildman–Crippen MR) is 113 cm³/mol. The Labute approximate surface area is 168 Å². The number of nitrogens with one attached hydrogen (secondary N) is 2. The molecule has 2 N–H and O–H groups in total. The minimum atomic E-state index is -0.411. The van der Waals surface area contributed by atoms with E-state index in [4.69, 9.17) is 11.6 Å². The Kier molecular flexibility index (Phi) is 5.05. The second-order valence-electron chi connectivity index (χ2n) is 7.17. The Morgan fingerprint density at radius 1 is 1.00 bits per heavy atom. The number of carbonyl (C=O) groups excluding carboxylic acids is 2. The van der Waals surface area contributed by atoms with E-state index < -0.39 is 6.04 Å². The lowest BCUT2D eigenvalue weighted by Crippen LogP contribution is -2.29. The average Bonchev–Trinajstić information content (AvgIpc) is 3.08. The molecule has 28 heavy (non-hydrogen) atoms. The number of hydrogen-bond donors (Lipinski definition) is 2. The molecule has 0 heterocycles. The maximum absolute atomic E-state index is 12.8. The second-order valence-corrected chi connectivity index (χ2v) is 7.61. The summed E-state index contributed by atoms with van der Waals surface area (Å²) in [7, 11) is 0. The molecule has 1 unspecified atom stereocenters. The lowest BCUT2D eigenvalue weighted by Gasteiger charge is -2.19. The number of aryl methyl sites for hydroxylation is 2. The van der Waals surface area contributed by atoms with Crippen LogP contribution in [0, 0.1) is 0 Å². The predicted octanol–water partition coefficient (Wildman–Crippen LogP) is 4.80. The van der Waals surface area contributed by atoms with Gasteiger partial charge in [-0.25, -0.2) is 0 Å². The fourth-order valence-corrected chi connectivity index (χ4v) is 4.06. The fraction of sp³-hybridized carbons (Fsp3) is 0.217. The average molecular weight is 393 g/mol. The maximum Gasteiger partial charge on any atom is 0.226 e. The van der Waals surface area contributed by atoms with Gasteiger partial charge in [0.05, 0.1) is 12.5 Å². The van der Waals surface area contributed by atoms with Gasteiger partial charge in [-0.05, 0) is 53.1 Å². The van der Waals surface area contributed by atoms with E-state index >= 15 is 0 Å². The molecule has 142 valence electrons. The molecule has 3 aromatic rings. The van der Waals surface area contributed by atoms with Gasteiger partial charge in [0.15, 0.2) is 0 Å². The first-order valence-electron chi connectivity index (χ1n) is 9.37. The number of rotatable bonds is 5. The van der Waals surface area contributed by atoms with Crippen LogP contribution in [0.2, 0.25) is 5.02 Å². The smallest absolute Gasteiger partial charge is 0.226 e. The van der Waals surface area contributed by atoms with Crippen LogP contribution in [0.25, 0.3) is 10.8 Å². The molecule has 0 fully saturated rings. The summed E-state index contributed by atoms with van der Waals surface area (Å²) in [4.78, 5) is 24.4. The molecule has 1 aliphatic carbocycles. The van der Waals surface area contributed by atoms with Gasteiger partial charge in [-0.1, -0.05) is 48.0 Å². The van der Waals surface area contributed by atoms with Gasteiger partial charge < -0.3 is 10.6 Å². The van der Waals surface area contributed by atoms with Crippen LogP contribution in [0.15, 0.2) is 54.6 Å². The molecule has 0 saturated heterocycles. The van der Waals surface area contributed by atoms with E-state index in [0.29, 0.717) is 5.02 Å². The van der Waals surface area contributed by atoms with Crippen molar-refractivity contribution in [3.05, 3.63) is 76.3 Å². The van der Waals surface area contributed by atoms with E-state index in [0.717, 1.165) is 29.5 Å².